The number of aromatic nitrogens is 2. The number of carbonyl (C=O) groups is 2. The van der Waals surface area contributed by atoms with E-state index in [0.717, 1.165) is 16.9 Å². The van der Waals surface area contributed by atoms with Gasteiger partial charge in [-0.3, -0.25) is 14.7 Å². The van der Waals surface area contributed by atoms with Crippen LogP contribution in [0.3, 0.4) is 0 Å². The molecule has 0 bridgehead atoms. The molecule has 0 saturated heterocycles. The molecule has 148 valence electrons. The van der Waals surface area contributed by atoms with Crippen LogP contribution in [0.15, 0.2) is 60.8 Å². The van der Waals surface area contributed by atoms with Gasteiger partial charge in [0.1, 0.15) is 5.69 Å². The molecule has 2 amide bonds. The molecule has 0 unspecified atom stereocenters. The van der Waals surface area contributed by atoms with Crippen LogP contribution in [-0.4, -0.2) is 28.1 Å². The van der Waals surface area contributed by atoms with E-state index in [9.17, 15) is 9.59 Å². The van der Waals surface area contributed by atoms with Crippen LogP contribution in [-0.2, 0) is 4.79 Å². The van der Waals surface area contributed by atoms with Gasteiger partial charge in [-0.15, -0.1) is 0 Å². The van der Waals surface area contributed by atoms with E-state index in [0.29, 0.717) is 6.42 Å². The highest BCUT2D eigenvalue weighted by Crippen LogP contribution is 2.42. The molecule has 0 radical (unpaired) electrons. The highest BCUT2D eigenvalue weighted by atomic mass is 35.5. The smallest absolute Gasteiger partial charge is 0.278 e. The molecule has 2 aromatic carbocycles. The second-order valence-corrected chi connectivity index (χ2v) is 7.56. The molecule has 2 atom stereocenters. The van der Waals surface area contributed by atoms with E-state index in [-0.39, 0.29) is 34.6 Å². The zero-order valence-corrected chi connectivity index (χ0v) is 16.9. The third-order valence-corrected chi connectivity index (χ3v) is 5.56. The Hall–Kier alpha value is -3.12. The van der Waals surface area contributed by atoms with Gasteiger partial charge in [-0.1, -0.05) is 48.0 Å². The Morgan fingerprint density at radius 1 is 1.14 bits per heavy atom. The summed E-state index contributed by atoms with van der Waals surface area (Å²) in [6, 6.07) is 17.0. The highest BCUT2D eigenvalue weighted by Gasteiger charge is 2.38. The normalized spacial score (nSPS) is 18.2. The number of carbonyl (C=O) groups excluding carboxylic acids is 2. The van der Waals surface area contributed by atoms with E-state index in [1.54, 1.807) is 16.7 Å². The molecule has 2 heterocycles. The lowest BCUT2D eigenvalue weighted by Gasteiger charge is -2.43. The average molecular weight is 409 g/mol. The van der Waals surface area contributed by atoms with Crippen molar-refractivity contribution < 1.29 is 9.59 Å². The maximum Gasteiger partial charge on any atom is 0.278 e. The van der Waals surface area contributed by atoms with Gasteiger partial charge in [0.25, 0.3) is 5.91 Å². The molecule has 1 aliphatic heterocycles. The van der Waals surface area contributed by atoms with Crippen LogP contribution in [0, 0.1) is 0 Å². The number of anilines is 2. The van der Waals surface area contributed by atoms with E-state index >= 15 is 0 Å². The number of H-pyrrole nitrogens is 1. The molecular weight excluding hydrogens is 388 g/mol. The molecule has 6 nitrogen and oxygen atoms in total. The number of nitrogens with one attached hydrogen (secondary N) is 1. The van der Waals surface area contributed by atoms with Gasteiger partial charge in [-0.05, 0) is 37.1 Å². The minimum Gasteiger partial charge on any atom is -0.305 e. The summed E-state index contributed by atoms with van der Waals surface area (Å²) in [5.41, 5.74) is 2.80. The van der Waals surface area contributed by atoms with Crippen molar-refractivity contribution in [3.8, 4) is 0 Å². The van der Waals surface area contributed by atoms with Crippen molar-refractivity contribution in [2.24, 2.45) is 0 Å². The van der Waals surface area contributed by atoms with Crippen molar-refractivity contribution in [1.82, 2.24) is 10.2 Å². The Morgan fingerprint density at radius 2 is 1.83 bits per heavy atom. The zero-order valence-electron chi connectivity index (χ0n) is 16.2. The largest absolute Gasteiger partial charge is 0.305 e. The van der Waals surface area contributed by atoms with Crippen molar-refractivity contribution in [2.45, 2.75) is 32.4 Å². The fraction of sp³-hybridized carbons (Fsp3) is 0.227. The number of benzene rings is 2. The van der Waals surface area contributed by atoms with Gasteiger partial charge in [0.2, 0.25) is 5.91 Å². The molecule has 0 aliphatic carbocycles. The van der Waals surface area contributed by atoms with Gasteiger partial charge < -0.3 is 9.80 Å². The fourth-order valence-electron chi connectivity index (χ4n) is 4.05. The van der Waals surface area contributed by atoms with Gasteiger partial charge in [0.05, 0.1) is 17.3 Å². The maximum absolute atomic E-state index is 13.2. The van der Waals surface area contributed by atoms with Crippen molar-refractivity contribution in [2.75, 3.05) is 9.80 Å². The first kappa shape index (κ1) is 19.2. The van der Waals surface area contributed by atoms with Crippen molar-refractivity contribution in [3.63, 3.8) is 0 Å². The SMILES string of the molecule is CC(=O)N(c1ccccc1)[C@@H]1C[C@H](C)N(C(=O)c2[nH]ncc2Cl)c2ccccc21. The summed E-state index contributed by atoms with van der Waals surface area (Å²) in [5.74, 6) is -0.278. The van der Waals surface area contributed by atoms with Crippen molar-refractivity contribution in [1.29, 1.82) is 0 Å². The van der Waals surface area contributed by atoms with Crippen LogP contribution < -0.4 is 9.80 Å². The van der Waals surface area contributed by atoms with E-state index in [2.05, 4.69) is 10.2 Å². The summed E-state index contributed by atoms with van der Waals surface area (Å²) in [7, 11) is 0. The van der Waals surface area contributed by atoms with Crippen LogP contribution in [0.2, 0.25) is 5.02 Å². The summed E-state index contributed by atoms with van der Waals surface area (Å²) >= 11 is 6.14. The first-order valence-electron chi connectivity index (χ1n) is 9.45. The summed E-state index contributed by atoms with van der Waals surface area (Å²) in [4.78, 5) is 29.4. The molecule has 1 N–H and O–H groups in total. The Morgan fingerprint density at radius 3 is 2.48 bits per heavy atom. The third-order valence-electron chi connectivity index (χ3n) is 5.27. The predicted octanol–water partition coefficient (Wildman–Crippen LogP) is 4.60. The number of hydrogen-bond acceptors (Lipinski definition) is 3. The number of fused-ring (bicyclic) bond motifs is 1. The Kier molecular flexibility index (Phi) is 5.11. The Balaban J connectivity index is 1.80. The standard InChI is InChI=1S/C22H21ClN4O2/c1-14-12-20(27(15(2)28)16-8-4-3-5-9-16)17-10-6-7-11-19(17)26(14)22(29)21-18(23)13-24-25-21/h3-11,13-14,20H,12H2,1-2H3,(H,24,25)/t14-,20+/m0/s1. The molecule has 4 rings (SSSR count). The van der Waals surface area contributed by atoms with Crippen LogP contribution >= 0.6 is 11.6 Å². The molecule has 29 heavy (non-hydrogen) atoms. The lowest BCUT2D eigenvalue weighted by Crippen LogP contribution is -2.47. The summed E-state index contributed by atoms with van der Waals surface area (Å²) in [5, 5.41) is 6.85. The number of aromatic amines is 1. The predicted molar refractivity (Wildman–Crippen MR) is 113 cm³/mol. The lowest BCUT2D eigenvalue weighted by atomic mass is 9.89. The Labute approximate surface area is 174 Å². The molecule has 0 saturated carbocycles. The van der Waals surface area contributed by atoms with E-state index in [4.69, 9.17) is 11.6 Å². The fourth-order valence-corrected chi connectivity index (χ4v) is 4.22. The second-order valence-electron chi connectivity index (χ2n) is 7.15. The summed E-state index contributed by atoms with van der Waals surface area (Å²) in [6.45, 7) is 3.55. The average Bonchev–Trinajstić information content (AvgIpc) is 3.14. The van der Waals surface area contributed by atoms with Crippen molar-refractivity contribution >= 4 is 34.8 Å². The van der Waals surface area contributed by atoms with Gasteiger partial charge in [0, 0.05) is 24.3 Å². The van der Waals surface area contributed by atoms with Crippen LogP contribution in [0.1, 0.15) is 42.4 Å². The number of nitrogens with zero attached hydrogens (tertiary/aromatic N) is 3. The third kappa shape index (κ3) is 3.40. The maximum atomic E-state index is 13.2. The molecule has 1 aromatic heterocycles. The van der Waals surface area contributed by atoms with E-state index < -0.39 is 0 Å². The molecular formula is C22H21ClN4O2. The lowest BCUT2D eigenvalue weighted by molar-refractivity contribution is -0.117. The highest BCUT2D eigenvalue weighted by molar-refractivity contribution is 6.34. The van der Waals surface area contributed by atoms with Gasteiger partial charge in [0.15, 0.2) is 0 Å². The molecule has 7 heteroatoms. The number of hydrogen-bond donors (Lipinski definition) is 1. The van der Waals surface area contributed by atoms with Crippen molar-refractivity contribution in [3.05, 3.63) is 77.1 Å². The van der Waals surface area contributed by atoms with E-state index in [1.807, 2.05) is 61.5 Å². The molecule has 1 aliphatic rings. The monoisotopic (exact) mass is 408 g/mol. The van der Waals surface area contributed by atoms with Crippen LogP contribution in [0.4, 0.5) is 11.4 Å². The number of rotatable bonds is 3. The minimum absolute atomic E-state index is 0.0420. The second kappa shape index (κ2) is 7.72. The topological polar surface area (TPSA) is 69.3 Å². The van der Waals surface area contributed by atoms with Crippen LogP contribution in [0.5, 0.6) is 0 Å². The molecule has 3 aromatic rings. The van der Waals surface area contributed by atoms with Gasteiger partial charge in [-0.25, -0.2) is 0 Å². The van der Waals surface area contributed by atoms with Gasteiger partial charge in [-0.2, -0.15) is 5.10 Å². The first-order valence-corrected chi connectivity index (χ1v) is 9.83. The quantitative estimate of drug-likeness (QED) is 0.688. The molecule has 0 fully saturated rings. The Bertz CT molecular complexity index is 1050. The minimum atomic E-state index is -0.236. The number of para-hydroxylation sites is 2. The first-order chi connectivity index (χ1) is 14.0. The zero-order chi connectivity index (χ0) is 20.5. The van der Waals surface area contributed by atoms with Gasteiger partial charge >= 0.3 is 0 Å². The summed E-state index contributed by atoms with van der Waals surface area (Å²) in [6.07, 6.45) is 2.02. The van der Waals surface area contributed by atoms with E-state index in [1.165, 1.54) is 6.20 Å². The molecule has 0 spiro atoms. The number of halogens is 1. The van der Waals surface area contributed by atoms with Crippen LogP contribution in [0.25, 0.3) is 0 Å². The summed E-state index contributed by atoms with van der Waals surface area (Å²) < 4.78 is 0. The number of amides is 2.